The van der Waals surface area contributed by atoms with Gasteiger partial charge in [-0.15, -0.1) is 0 Å². The van der Waals surface area contributed by atoms with Gasteiger partial charge in [-0.3, -0.25) is 14.3 Å². The molecule has 0 aliphatic carbocycles. The van der Waals surface area contributed by atoms with E-state index >= 15 is 0 Å². The van der Waals surface area contributed by atoms with Gasteiger partial charge >= 0.3 is 29.2 Å². The average Bonchev–Trinajstić information content (AvgIpc) is 2.83. The van der Waals surface area contributed by atoms with Gasteiger partial charge in [0.15, 0.2) is 6.23 Å². The Kier molecular flexibility index (Phi) is 8.30. The number of nitrogens with one attached hydrogen (secondary N) is 1. The lowest BCUT2D eigenvalue weighted by molar-refractivity contribution is -0.0933. The number of hydrogen-bond donors (Lipinski definition) is 7. The van der Waals surface area contributed by atoms with Crippen molar-refractivity contribution in [1.29, 1.82) is 0 Å². The third-order valence-electron chi connectivity index (χ3n) is 3.81. The van der Waals surface area contributed by atoms with Crippen molar-refractivity contribution in [3.8, 4) is 11.3 Å². The number of ether oxygens (including phenoxy) is 1. The molecule has 2 heterocycles. The van der Waals surface area contributed by atoms with Crippen LogP contribution in [0.15, 0.2) is 15.8 Å². The molecule has 186 valence electrons. The van der Waals surface area contributed by atoms with E-state index in [1.165, 1.54) is 0 Å². The highest BCUT2D eigenvalue weighted by Gasteiger charge is 2.59. The van der Waals surface area contributed by atoms with Gasteiger partial charge in [-0.2, -0.15) is 18.4 Å². The van der Waals surface area contributed by atoms with E-state index in [0.717, 1.165) is 6.92 Å². The van der Waals surface area contributed by atoms with Crippen LogP contribution in [-0.2, 0) is 31.6 Å². The summed E-state index contributed by atoms with van der Waals surface area (Å²) in [6, 6.07) is 0. The molecule has 0 amide bonds. The molecule has 18 nitrogen and oxygen atoms in total. The Morgan fingerprint density at radius 1 is 1.24 bits per heavy atom. The first-order valence-electron chi connectivity index (χ1n) is 8.10. The molecule has 22 heteroatoms. The van der Waals surface area contributed by atoms with Crippen LogP contribution in [0.25, 0.3) is 0 Å². The summed E-state index contributed by atoms with van der Waals surface area (Å²) in [5.41, 5.74) is -4.83. The molecule has 1 aliphatic heterocycles. The molecule has 1 aliphatic rings. The molecule has 2 rings (SSSR count). The Labute approximate surface area is 187 Å². The van der Waals surface area contributed by atoms with E-state index in [0.29, 0.717) is 10.9 Å². The molecule has 0 radical (unpaired) electrons. The Morgan fingerprint density at radius 3 is 2.36 bits per heavy atom. The molecule has 0 spiro atoms. The SMILES string of the molecule is C[C@@H](OP(=O)(O)OP(=O)(O)OP(=O)(O)O)[C@H]1O[C@@H](n2ncc(=O)[nH]c2=O)[C@@](O)(C#CCl)C1O. The van der Waals surface area contributed by atoms with E-state index in [4.69, 9.17) is 26.1 Å². The molecule has 7 N–H and O–H groups in total. The first-order chi connectivity index (χ1) is 14.9. The van der Waals surface area contributed by atoms with Crippen LogP contribution < -0.4 is 11.2 Å². The molecule has 1 aromatic rings. The number of hydrogen-bond acceptors (Lipinski definition) is 12. The highest BCUT2D eigenvalue weighted by Crippen LogP contribution is 2.66. The fourth-order valence-corrected chi connectivity index (χ4v) is 6.00. The summed E-state index contributed by atoms with van der Waals surface area (Å²) >= 11 is 5.29. The molecule has 0 aromatic carbocycles. The highest BCUT2D eigenvalue weighted by atomic mass is 35.5. The molecule has 3 unspecified atom stereocenters. The standard InChI is InChI=1S/C11H15ClN3O15P3/c1-5(28-32(23,24)30-33(25,26)29-31(20,21)22)7-8(17)11(19,2-3-12)9(27-7)15-10(18)14-6(16)4-13-15/h4-5,7-9,17,19H,1H3,(H,23,24)(H,25,26)(H,14,16,18)(H2,20,21,22)/t5-,7-,8?,9-,11-/m1/s1. The number of H-pyrrole nitrogens is 1. The lowest BCUT2D eigenvalue weighted by atomic mass is 9.93. The van der Waals surface area contributed by atoms with E-state index < -0.39 is 64.9 Å². The molecule has 1 aromatic heterocycles. The van der Waals surface area contributed by atoms with Gasteiger partial charge in [0.05, 0.1) is 6.10 Å². The Balaban J connectivity index is 2.32. The maximum atomic E-state index is 12.0. The van der Waals surface area contributed by atoms with Gasteiger partial charge in [-0.25, -0.2) is 18.5 Å². The first-order valence-corrected chi connectivity index (χ1v) is 13.0. The minimum absolute atomic E-state index is 0.364. The number of aromatic nitrogens is 3. The van der Waals surface area contributed by atoms with Crippen molar-refractivity contribution in [1.82, 2.24) is 14.8 Å². The lowest BCUT2D eigenvalue weighted by Gasteiger charge is -2.26. The summed E-state index contributed by atoms with van der Waals surface area (Å²) in [4.78, 5) is 60.9. The minimum atomic E-state index is -5.83. The average molecular weight is 558 g/mol. The highest BCUT2D eigenvalue weighted by molar-refractivity contribution is 7.66. The molecule has 1 fully saturated rings. The van der Waals surface area contributed by atoms with Crippen molar-refractivity contribution >= 4 is 35.1 Å². The summed E-state index contributed by atoms with van der Waals surface area (Å²) in [6.45, 7) is 0.937. The maximum absolute atomic E-state index is 12.0. The Hall–Kier alpha value is -1.25. The van der Waals surface area contributed by atoms with Crippen molar-refractivity contribution < 1.29 is 61.4 Å². The van der Waals surface area contributed by atoms with Gasteiger partial charge < -0.3 is 34.5 Å². The minimum Gasteiger partial charge on any atom is -0.386 e. The smallest absolute Gasteiger partial charge is 0.386 e. The number of aliphatic hydroxyl groups is 2. The maximum Gasteiger partial charge on any atom is 0.490 e. The summed E-state index contributed by atoms with van der Waals surface area (Å²) in [6.07, 6.45) is -7.12. The van der Waals surface area contributed by atoms with Crippen LogP contribution in [-0.4, -0.2) is 68.5 Å². The fourth-order valence-electron chi connectivity index (χ4n) is 2.64. The number of rotatable bonds is 8. The zero-order valence-corrected chi connectivity index (χ0v) is 19.3. The third kappa shape index (κ3) is 6.89. The van der Waals surface area contributed by atoms with Gasteiger partial charge in [0.1, 0.15) is 18.4 Å². The van der Waals surface area contributed by atoms with Crippen LogP contribution in [0.3, 0.4) is 0 Å². The first kappa shape index (κ1) is 28.0. The Morgan fingerprint density at radius 2 is 1.85 bits per heavy atom. The fraction of sp³-hybridized carbons (Fsp3) is 0.545. The van der Waals surface area contributed by atoms with Crippen LogP contribution in [0.5, 0.6) is 0 Å². The second-order valence-corrected chi connectivity index (χ2v) is 10.8. The van der Waals surface area contributed by atoms with Crippen molar-refractivity contribution in [2.75, 3.05) is 0 Å². The van der Waals surface area contributed by atoms with E-state index in [1.54, 1.807) is 10.4 Å². The molecule has 33 heavy (non-hydrogen) atoms. The van der Waals surface area contributed by atoms with Gasteiger partial charge in [0, 0.05) is 5.38 Å². The van der Waals surface area contributed by atoms with Crippen LogP contribution in [0.1, 0.15) is 13.2 Å². The Bertz CT molecular complexity index is 1220. The van der Waals surface area contributed by atoms with Crippen molar-refractivity contribution in [3.63, 3.8) is 0 Å². The van der Waals surface area contributed by atoms with E-state index in [1.807, 2.05) is 5.92 Å². The van der Waals surface area contributed by atoms with Crippen LogP contribution in [0, 0.1) is 11.3 Å². The summed E-state index contributed by atoms with van der Waals surface area (Å²) in [5.74, 6) is 1.97. The zero-order chi connectivity index (χ0) is 25.4. The van der Waals surface area contributed by atoms with Gasteiger partial charge in [-0.05, 0) is 24.4 Å². The second-order valence-electron chi connectivity index (χ2n) is 6.23. The largest absolute Gasteiger partial charge is 0.490 e. The van der Waals surface area contributed by atoms with E-state index in [2.05, 4.69) is 18.2 Å². The second kappa shape index (κ2) is 9.78. The molecule has 0 bridgehead atoms. The topological polar surface area (TPSA) is 277 Å². The van der Waals surface area contributed by atoms with Crippen molar-refractivity contribution in [3.05, 3.63) is 27.0 Å². The number of aliphatic hydroxyl groups excluding tert-OH is 1. The number of phosphoric acid groups is 3. The normalized spacial score (nSPS) is 30.0. The van der Waals surface area contributed by atoms with Crippen molar-refractivity contribution in [2.24, 2.45) is 0 Å². The summed E-state index contributed by atoms with van der Waals surface area (Å²) < 4.78 is 51.4. The van der Waals surface area contributed by atoms with Gasteiger partial charge in [0.2, 0.25) is 5.60 Å². The van der Waals surface area contributed by atoms with Gasteiger partial charge in [0.25, 0.3) is 5.56 Å². The molecule has 1 saturated heterocycles. The number of nitrogens with zero attached hydrogens (tertiary/aromatic N) is 2. The monoisotopic (exact) mass is 557 g/mol. The van der Waals surface area contributed by atoms with Crippen LogP contribution in [0.2, 0.25) is 0 Å². The quantitative estimate of drug-likeness (QED) is 0.132. The molecular formula is C11H15ClN3O15P3. The molecule has 0 saturated carbocycles. The number of aromatic amines is 1. The number of halogens is 1. The van der Waals surface area contributed by atoms with Gasteiger partial charge in [-0.1, -0.05) is 0 Å². The summed E-state index contributed by atoms with van der Waals surface area (Å²) in [5, 5.41) is 26.5. The molecule has 7 atom stereocenters. The number of phosphoric ester groups is 1. The predicted octanol–water partition coefficient (Wildman–Crippen LogP) is -2.15. The molecular weight excluding hydrogens is 543 g/mol. The lowest BCUT2D eigenvalue weighted by Crippen LogP contribution is -2.49. The van der Waals surface area contributed by atoms with Crippen molar-refractivity contribution in [2.45, 2.75) is 37.1 Å². The van der Waals surface area contributed by atoms with Crippen LogP contribution in [0.4, 0.5) is 0 Å². The van der Waals surface area contributed by atoms with Crippen LogP contribution >= 0.6 is 35.1 Å². The predicted molar refractivity (Wildman–Crippen MR) is 102 cm³/mol. The summed E-state index contributed by atoms with van der Waals surface area (Å²) in [7, 11) is -17.1. The third-order valence-corrected chi connectivity index (χ3v) is 7.83. The van der Waals surface area contributed by atoms with E-state index in [-0.39, 0.29) is 0 Å². The zero-order valence-electron chi connectivity index (χ0n) is 15.9. The van der Waals surface area contributed by atoms with E-state index in [9.17, 15) is 43.3 Å².